The predicted molar refractivity (Wildman–Crippen MR) is 111 cm³/mol. The third-order valence-electron chi connectivity index (χ3n) is 5.52. The first kappa shape index (κ1) is 19.5. The second kappa shape index (κ2) is 8.66. The van der Waals surface area contributed by atoms with E-state index >= 15 is 0 Å². The van der Waals surface area contributed by atoms with Gasteiger partial charge in [0.25, 0.3) is 0 Å². The number of nitrogens with zero attached hydrogens (tertiary/aromatic N) is 1. The number of ether oxygens (including phenoxy) is 2. The molecule has 2 aromatic rings. The van der Waals surface area contributed by atoms with Crippen molar-refractivity contribution < 1.29 is 19.1 Å². The number of amides is 1. The first-order valence-corrected chi connectivity index (χ1v) is 10.1. The van der Waals surface area contributed by atoms with Crippen molar-refractivity contribution in [3.8, 4) is 11.5 Å². The first-order chi connectivity index (χ1) is 14.1. The molecule has 0 aromatic heterocycles. The molecule has 2 aromatic carbocycles. The molecule has 1 unspecified atom stereocenters. The number of hydrogen-bond acceptors (Lipinski definition) is 5. The Hall–Kier alpha value is -2.86. The van der Waals surface area contributed by atoms with Crippen molar-refractivity contribution in [3.05, 3.63) is 53.6 Å². The molecule has 2 aliphatic rings. The molecule has 1 N–H and O–H groups in total. The maximum atomic E-state index is 12.4. The summed E-state index contributed by atoms with van der Waals surface area (Å²) in [6.07, 6.45) is 2.62. The lowest BCUT2D eigenvalue weighted by Gasteiger charge is -2.26. The maximum absolute atomic E-state index is 12.4. The van der Waals surface area contributed by atoms with E-state index in [1.165, 1.54) is 12.5 Å². The summed E-state index contributed by atoms with van der Waals surface area (Å²) in [6.45, 7) is 4.39. The molecule has 0 saturated carbocycles. The van der Waals surface area contributed by atoms with Gasteiger partial charge in [-0.05, 0) is 68.3 Å². The normalized spacial score (nSPS) is 18.4. The molecule has 1 atom stereocenters. The molecule has 2 aliphatic heterocycles. The van der Waals surface area contributed by atoms with Crippen LogP contribution < -0.4 is 14.8 Å². The number of rotatable bonds is 6. The Morgan fingerprint density at radius 3 is 2.59 bits per heavy atom. The van der Waals surface area contributed by atoms with Gasteiger partial charge in [-0.25, -0.2) is 0 Å². The van der Waals surface area contributed by atoms with Gasteiger partial charge in [-0.1, -0.05) is 6.07 Å². The Morgan fingerprint density at radius 1 is 1.07 bits per heavy atom. The zero-order chi connectivity index (χ0) is 20.2. The van der Waals surface area contributed by atoms with Gasteiger partial charge in [0, 0.05) is 30.3 Å². The van der Waals surface area contributed by atoms with Gasteiger partial charge in [0.05, 0.1) is 0 Å². The molecule has 6 heteroatoms. The third kappa shape index (κ3) is 4.59. The Morgan fingerprint density at radius 2 is 1.83 bits per heavy atom. The largest absolute Gasteiger partial charge is 0.486 e. The SMILES string of the molecule is CC(=O)c1ccc(NC(=O)CCN2CCCC2c2ccc3c(c2)OCCO3)cc1. The number of likely N-dealkylation sites (tertiary alicyclic amines) is 1. The van der Waals surface area contributed by atoms with Crippen LogP contribution >= 0.6 is 0 Å². The fourth-order valence-corrected chi connectivity index (χ4v) is 4.00. The number of hydrogen-bond donors (Lipinski definition) is 1. The molecule has 0 bridgehead atoms. The van der Waals surface area contributed by atoms with Crippen LogP contribution in [0, 0.1) is 0 Å². The number of fused-ring (bicyclic) bond motifs is 1. The summed E-state index contributed by atoms with van der Waals surface area (Å²) in [5, 5.41) is 2.91. The number of carbonyl (C=O) groups excluding carboxylic acids is 2. The average Bonchev–Trinajstić information content (AvgIpc) is 3.21. The lowest BCUT2D eigenvalue weighted by molar-refractivity contribution is -0.116. The molecule has 152 valence electrons. The van der Waals surface area contributed by atoms with Crippen LogP contribution in [0.3, 0.4) is 0 Å². The van der Waals surface area contributed by atoms with Crippen molar-refractivity contribution in [2.24, 2.45) is 0 Å². The van der Waals surface area contributed by atoms with Crippen LogP contribution in [0.15, 0.2) is 42.5 Å². The molecular formula is C23H26N2O4. The van der Waals surface area contributed by atoms with E-state index in [1.54, 1.807) is 24.3 Å². The topological polar surface area (TPSA) is 67.9 Å². The molecule has 1 amide bonds. The van der Waals surface area contributed by atoms with Crippen molar-refractivity contribution in [1.29, 1.82) is 0 Å². The third-order valence-corrected chi connectivity index (χ3v) is 5.52. The lowest BCUT2D eigenvalue weighted by atomic mass is 10.0. The van der Waals surface area contributed by atoms with Crippen molar-refractivity contribution >= 4 is 17.4 Å². The fraction of sp³-hybridized carbons (Fsp3) is 0.391. The van der Waals surface area contributed by atoms with E-state index in [0.717, 1.165) is 30.9 Å². The number of ketones is 1. The van der Waals surface area contributed by atoms with E-state index in [9.17, 15) is 9.59 Å². The Bertz CT molecular complexity index is 894. The molecule has 29 heavy (non-hydrogen) atoms. The average molecular weight is 394 g/mol. The number of carbonyl (C=O) groups is 2. The molecule has 6 nitrogen and oxygen atoms in total. The second-order valence-electron chi connectivity index (χ2n) is 7.53. The monoisotopic (exact) mass is 394 g/mol. The van der Waals surface area contributed by atoms with Gasteiger partial charge < -0.3 is 14.8 Å². The van der Waals surface area contributed by atoms with Crippen LogP contribution in [-0.4, -0.2) is 42.9 Å². The first-order valence-electron chi connectivity index (χ1n) is 10.1. The maximum Gasteiger partial charge on any atom is 0.225 e. The molecule has 0 radical (unpaired) electrons. The van der Waals surface area contributed by atoms with E-state index in [4.69, 9.17) is 9.47 Å². The number of anilines is 1. The minimum Gasteiger partial charge on any atom is -0.486 e. The predicted octanol–water partition coefficient (Wildman–Crippen LogP) is 3.83. The molecule has 2 heterocycles. The highest BCUT2D eigenvalue weighted by Gasteiger charge is 2.27. The summed E-state index contributed by atoms with van der Waals surface area (Å²) in [4.78, 5) is 26.1. The zero-order valence-electron chi connectivity index (χ0n) is 16.6. The van der Waals surface area contributed by atoms with Crippen LogP contribution in [0.1, 0.15) is 48.1 Å². The van der Waals surface area contributed by atoms with Crippen LogP contribution in [0.25, 0.3) is 0 Å². The summed E-state index contributed by atoms with van der Waals surface area (Å²) in [5.41, 5.74) is 2.57. The number of nitrogens with one attached hydrogen (secondary N) is 1. The fourth-order valence-electron chi connectivity index (χ4n) is 4.00. The summed E-state index contributed by atoms with van der Waals surface area (Å²) in [6, 6.07) is 13.5. The quantitative estimate of drug-likeness (QED) is 0.755. The number of benzene rings is 2. The molecule has 0 aliphatic carbocycles. The molecule has 1 saturated heterocycles. The van der Waals surface area contributed by atoms with Gasteiger partial charge in [-0.2, -0.15) is 0 Å². The second-order valence-corrected chi connectivity index (χ2v) is 7.53. The van der Waals surface area contributed by atoms with E-state index in [2.05, 4.69) is 22.3 Å². The van der Waals surface area contributed by atoms with E-state index in [1.807, 2.05) is 6.07 Å². The lowest BCUT2D eigenvalue weighted by Crippen LogP contribution is -2.28. The highest BCUT2D eigenvalue weighted by Crippen LogP contribution is 2.38. The summed E-state index contributed by atoms with van der Waals surface area (Å²) in [7, 11) is 0. The minimum absolute atomic E-state index is 0.0158. The Kier molecular flexibility index (Phi) is 5.81. The minimum atomic E-state index is -0.0200. The van der Waals surface area contributed by atoms with Crippen LogP contribution in [-0.2, 0) is 4.79 Å². The zero-order valence-corrected chi connectivity index (χ0v) is 16.6. The Balaban J connectivity index is 1.34. The smallest absolute Gasteiger partial charge is 0.225 e. The van der Waals surface area contributed by atoms with Gasteiger partial charge >= 0.3 is 0 Å². The summed E-state index contributed by atoms with van der Waals surface area (Å²) < 4.78 is 11.3. The van der Waals surface area contributed by atoms with Crippen molar-refractivity contribution in [2.45, 2.75) is 32.2 Å². The molecular weight excluding hydrogens is 368 g/mol. The van der Waals surface area contributed by atoms with Crippen molar-refractivity contribution in [1.82, 2.24) is 4.90 Å². The standard InChI is InChI=1S/C23H26N2O4/c1-16(26)17-4-7-19(8-5-17)24-23(27)10-12-25-11-2-3-20(25)18-6-9-21-22(15-18)29-14-13-28-21/h4-9,15,20H,2-3,10-14H2,1H3,(H,24,27). The molecule has 4 rings (SSSR count). The van der Waals surface area contributed by atoms with Crippen LogP contribution in [0.2, 0.25) is 0 Å². The van der Waals surface area contributed by atoms with Gasteiger partial charge in [-0.15, -0.1) is 0 Å². The Labute approximate surface area is 170 Å². The van der Waals surface area contributed by atoms with Crippen molar-refractivity contribution in [3.63, 3.8) is 0 Å². The van der Waals surface area contributed by atoms with E-state index in [-0.39, 0.29) is 11.7 Å². The van der Waals surface area contributed by atoms with Crippen LogP contribution in [0.4, 0.5) is 5.69 Å². The van der Waals surface area contributed by atoms with Gasteiger partial charge in [0.2, 0.25) is 5.91 Å². The van der Waals surface area contributed by atoms with E-state index < -0.39 is 0 Å². The summed E-state index contributed by atoms with van der Waals surface area (Å²) >= 11 is 0. The van der Waals surface area contributed by atoms with Gasteiger partial charge in [-0.3, -0.25) is 14.5 Å². The highest BCUT2D eigenvalue weighted by molar-refractivity contribution is 5.95. The number of Topliss-reactive ketones (excluding diaryl/α,β-unsaturated/α-hetero) is 1. The molecule has 0 spiro atoms. The molecule has 1 fully saturated rings. The van der Waals surface area contributed by atoms with Crippen LogP contribution in [0.5, 0.6) is 11.5 Å². The highest BCUT2D eigenvalue weighted by atomic mass is 16.6. The van der Waals surface area contributed by atoms with E-state index in [0.29, 0.717) is 43.5 Å². The van der Waals surface area contributed by atoms with Crippen molar-refractivity contribution in [2.75, 3.05) is 31.6 Å². The van der Waals surface area contributed by atoms with Gasteiger partial charge in [0.15, 0.2) is 17.3 Å². The summed E-state index contributed by atoms with van der Waals surface area (Å²) in [5.74, 6) is 1.61. The van der Waals surface area contributed by atoms with Gasteiger partial charge in [0.1, 0.15) is 13.2 Å².